The monoisotopic (exact) mass is 366 g/mol. The summed E-state index contributed by atoms with van der Waals surface area (Å²) in [5.41, 5.74) is 8.87. The third-order valence-corrected chi connectivity index (χ3v) is 5.62. The van der Waals surface area contributed by atoms with E-state index in [1.54, 1.807) is 0 Å². The van der Waals surface area contributed by atoms with E-state index in [1.165, 1.54) is 0 Å². The average molecular weight is 366 g/mol. The SMILES string of the molecule is CCCn1cc([C@H]2C(C#N)=C(N)OC3=C2C(=O)CC(C)(C)C3)c(C2CC2)n1. The predicted molar refractivity (Wildman–Crippen MR) is 100 cm³/mol. The Labute approximate surface area is 159 Å². The Morgan fingerprint density at radius 1 is 1.41 bits per heavy atom. The van der Waals surface area contributed by atoms with E-state index in [0.29, 0.717) is 35.7 Å². The molecule has 0 unspecified atom stereocenters. The second-order valence-electron chi connectivity index (χ2n) is 8.71. The summed E-state index contributed by atoms with van der Waals surface area (Å²) in [7, 11) is 0. The molecular formula is C21H26N4O2. The molecule has 27 heavy (non-hydrogen) atoms. The van der Waals surface area contributed by atoms with Gasteiger partial charge in [-0.2, -0.15) is 10.4 Å². The number of rotatable bonds is 4. The highest BCUT2D eigenvalue weighted by atomic mass is 16.5. The van der Waals surface area contributed by atoms with E-state index in [0.717, 1.165) is 37.1 Å². The van der Waals surface area contributed by atoms with Crippen LogP contribution in [0.3, 0.4) is 0 Å². The van der Waals surface area contributed by atoms with Gasteiger partial charge in [0, 0.05) is 42.6 Å². The molecule has 2 N–H and O–H groups in total. The molecule has 2 heterocycles. The van der Waals surface area contributed by atoms with Crippen LogP contribution < -0.4 is 5.73 Å². The molecule has 1 saturated carbocycles. The lowest BCUT2D eigenvalue weighted by molar-refractivity contribution is -0.119. The summed E-state index contributed by atoms with van der Waals surface area (Å²) < 4.78 is 7.73. The molecule has 3 aliphatic rings. The zero-order chi connectivity index (χ0) is 19.3. The standard InChI is InChI=1S/C21H26N4O2/c1-4-7-25-11-14(19(24-25)12-5-6-12)17-13(10-22)20(23)27-16-9-21(2,3)8-15(26)18(16)17/h11-12,17H,4-9,23H2,1-3H3/t17-/m1/s1. The van der Waals surface area contributed by atoms with E-state index in [4.69, 9.17) is 15.6 Å². The number of allylic oxidation sites excluding steroid dienone is 3. The summed E-state index contributed by atoms with van der Waals surface area (Å²) in [5, 5.41) is 14.6. The van der Waals surface area contributed by atoms with Crippen LogP contribution in [0.1, 0.15) is 76.0 Å². The Kier molecular flexibility index (Phi) is 4.14. The molecule has 4 rings (SSSR count). The number of nitriles is 1. The van der Waals surface area contributed by atoms with Crippen LogP contribution >= 0.6 is 0 Å². The Balaban J connectivity index is 1.88. The summed E-state index contributed by atoms with van der Waals surface area (Å²) in [5.74, 6) is 0.765. The Bertz CT molecular complexity index is 909. The molecule has 1 atom stereocenters. The van der Waals surface area contributed by atoms with Gasteiger partial charge in [-0.05, 0) is 24.7 Å². The van der Waals surface area contributed by atoms with Crippen LogP contribution in [-0.2, 0) is 16.1 Å². The molecule has 1 aliphatic heterocycles. The number of ketones is 1. The first-order valence-corrected chi connectivity index (χ1v) is 9.75. The summed E-state index contributed by atoms with van der Waals surface area (Å²) >= 11 is 0. The first kappa shape index (κ1) is 17.8. The quantitative estimate of drug-likeness (QED) is 0.878. The Morgan fingerprint density at radius 2 is 2.15 bits per heavy atom. The average Bonchev–Trinajstić information content (AvgIpc) is 3.33. The maximum Gasteiger partial charge on any atom is 0.205 e. The Hall–Kier alpha value is -2.55. The van der Waals surface area contributed by atoms with E-state index in [2.05, 4.69) is 26.8 Å². The van der Waals surface area contributed by atoms with Crippen LogP contribution in [-0.4, -0.2) is 15.6 Å². The number of carbonyl (C=O) groups excluding carboxylic acids is 1. The van der Waals surface area contributed by atoms with Crippen molar-refractivity contribution in [1.29, 1.82) is 5.26 Å². The lowest BCUT2D eigenvalue weighted by Gasteiger charge is -2.37. The molecular weight excluding hydrogens is 340 g/mol. The van der Waals surface area contributed by atoms with Crippen LogP contribution in [0, 0.1) is 16.7 Å². The Morgan fingerprint density at radius 3 is 2.78 bits per heavy atom. The summed E-state index contributed by atoms with van der Waals surface area (Å²) in [6.45, 7) is 7.04. The van der Waals surface area contributed by atoms with Gasteiger partial charge in [0.25, 0.3) is 0 Å². The number of hydrogen-bond acceptors (Lipinski definition) is 5. The lowest BCUT2D eigenvalue weighted by atomic mass is 9.70. The molecule has 0 radical (unpaired) electrons. The van der Waals surface area contributed by atoms with E-state index >= 15 is 0 Å². The molecule has 0 bridgehead atoms. The van der Waals surface area contributed by atoms with Crippen molar-refractivity contribution >= 4 is 5.78 Å². The highest BCUT2D eigenvalue weighted by Gasteiger charge is 2.45. The summed E-state index contributed by atoms with van der Waals surface area (Å²) in [4.78, 5) is 13.1. The number of nitrogens with zero attached hydrogens (tertiary/aromatic N) is 3. The minimum atomic E-state index is -0.455. The van der Waals surface area contributed by atoms with Gasteiger partial charge in [0.15, 0.2) is 5.78 Å². The smallest absolute Gasteiger partial charge is 0.205 e. The highest BCUT2D eigenvalue weighted by Crippen LogP contribution is 2.51. The molecule has 6 nitrogen and oxygen atoms in total. The van der Waals surface area contributed by atoms with Crippen molar-refractivity contribution < 1.29 is 9.53 Å². The van der Waals surface area contributed by atoms with Gasteiger partial charge in [0.05, 0.1) is 11.6 Å². The number of ether oxygens (including phenoxy) is 1. The minimum Gasteiger partial charge on any atom is -0.444 e. The van der Waals surface area contributed by atoms with Crippen molar-refractivity contribution in [1.82, 2.24) is 9.78 Å². The molecule has 1 fully saturated rings. The van der Waals surface area contributed by atoms with Crippen molar-refractivity contribution in [3.63, 3.8) is 0 Å². The first-order valence-electron chi connectivity index (χ1n) is 9.75. The zero-order valence-electron chi connectivity index (χ0n) is 16.2. The predicted octanol–water partition coefficient (Wildman–Crippen LogP) is 3.62. The van der Waals surface area contributed by atoms with E-state index in [1.807, 2.05) is 10.9 Å². The van der Waals surface area contributed by atoms with Crippen LogP contribution in [0.5, 0.6) is 0 Å². The first-order chi connectivity index (χ1) is 12.8. The number of hydrogen-bond donors (Lipinski definition) is 1. The zero-order valence-corrected chi connectivity index (χ0v) is 16.2. The van der Waals surface area contributed by atoms with Crippen molar-refractivity contribution in [2.75, 3.05) is 0 Å². The van der Waals surface area contributed by atoms with Crippen LogP contribution in [0.15, 0.2) is 29.0 Å². The maximum absolute atomic E-state index is 13.1. The van der Waals surface area contributed by atoms with Crippen LogP contribution in [0.4, 0.5) is 0 Å². The van der Waals surface area contributed by atoms with Gasteiger partial charge in [-0.1, -0.05) is 20.8 Å². The summed E-state index contributed by atoms with van der Waals surface area (Å²) in [6, 6.07) is 2.21. The number of nitrogens with two attached hydrogens (primary N) is 1. The second-order valence-corrected chi connectivity index (χ2v) is 8.71. The van der Waals surface area contributed by atoms with Gasteiger partial charge in [0.2, 0.25) is 5.88 Å². The third kappa shape index (κ3) is 3.05. The topological polar surface area (TPSA) is 93.9 Å². The van der Waals surface area contributed by atoms with E-state index in [9.17, 15) is 10.1 Å². The molecule has 1 aromatic rings. The largest absolute Gasteiger partial charge is 0.444 e. The van der Waals surface area contributed by atoms with Crippen LogP contribution in [0.25, 0.3) is 0 Å². The molecule has 0 amide bonds. The summed E-state index contributed by atoms with van der Waals surface area (Å²) in [6.07, 6.45) is 6.29. The number of Topliss-reactive ketones (excluding diaryl/α,β-unsaturated/α-hetero) is 1. The molecule has 1 aromatic heterocycles. The normalized spacial score (nSPS) is 24.5. The fourth-order valence-corrected chi connectivity index (χ4v) is 4.29. The van der Waals surface area contributed by atoms with E-state index < -0.39 is 5.92 Å². The number of aromatic nitrogens is 2. The molecule has 142 valence electrons. The van der Waals surface area contributed by atoms with E-state index in [-0.39, 0.29) is 17.1 Å². The second kappa shape index (κ2) is 6.26. The molecule has 0 saturated heterocycles. The number of carbonyl (C=O) groups is 1. The van der Waals surface area contributed by atoms with Gasteiger partial charge in [-0.3, -0.25) is 9.48 Å². The third-order valence-electron chi connectivity index (χ3n) is 5.62. The molecule has 0 aromatic carbocycles. The van der Waals surface area contributed by atoms with Crippen molar-refractivity contribution in [2.24, 2.45) is 11.1 Å². The molecule has 2 aliphatic carbocycles. The number of aryl methyl sites for hydroxylation is 1. The van der Waals surface area contributed by atoms with Gasteiger partial charge in [-0.25, -0.2) is 0 Å². The minimum absolute atomic E-state index is 0.0523. The van der Waals surface area contributed by atoms with Crippen molar-refractivity contribution in [3.8, 4) is 6.07 Å². The maximum atomic E-state index is 13.1. The van der Waals surface area contributed by atoms with Crippen LogP contribution in [0.2, 0.25) is 0 Å². The van der Waals surface area contributed by atoms with Gasteiger partial charge in [0.1, 0.15) is 17.4 Å². The van der Waals surface area contributed by atoms with Crippen molar-refractivity contribution in [2.45, 2.75) is 71.3 Å². The fourth-order valence-electron chi connectivity index (χ4n) is 4.29. The van der Waals surface area contributed by atoms with Crippen molar-refractivity contribution in [3.05, 3.63) is 40.2 Å². The van der Waals surface area contributed by atoms with Gasteiger partial charge in [-0.15, -0.1) is 0 Å². The molecule has 6 heteroatoms. The fraction of sp³-hybridized carbons (Fsp3) is 0.571. The van der Waals surface area contributed by atoms with Gasteiger partial charge < -0.3 is 10.5 Å². The van der Waals surface area contributed by atoms with Gasteiger partial charge >= 0.3 is 0 Å². The highest BCUT2D eigenvalue weighted by molar-refractivity contribution is 6.00. The lowest BCUT2D eigenvalue weighted by Crippen LogP contribution is -2.33. The molecule has 0 spiro atoms.